The fourth-order valence-corrected chi connectivity index (χ4v) is 1.81. The third-order valence-electron chi connectivity index (χ3n) is 2.82. The van der Waals surface area contributed by atoms with Crippen LogP contribution in [0.5, 0.6) is 5.75 Å². The number of aromatic nitrogens is 2. The summed E-state index contributed by atoms with van der Waals surface area (Å²) in [5.41, 5.74) is 1.60. The minimum Gasteiger partial charge on any atom is -0.508 e. The van der Waals surface area contributed by atoms with Gasteiger partial charge in [0.1, 0.15) is 11.6 Å². The molecule has 0 fully saturated rings. The quantitative estimate of drug-likeness (QED) is 0.872. The standard InChI is InChI=1S/C13H16FN3O/c1-9(12-4-3-10(14)7-13(12)18)15-8-11-5-6-17(2)16-11/h3-7,9,15,18H,8H2,1-2H3. The summed E-state index contributed by atoms with van der Waals surface area (Å²) >= 11 is 0. The van der Waals surface area contributed by atoms with Gasteiger partial charge in [-0.1, -0.05) is 6.07 Å². The van der Waals surface area contributed by atoms with E-state index in [1.807, 2.05) is 26.2 Å². The van der Waals surface area contributed by atoms with E-state index in [0.717, 1.165) is 11.8 Å². The first-order chi connectivity index (χ1) is 8.56. The molecule has 96 valence electrons. The van der Waals surface area contributed by atoms with Crippen molar-refractivity contribution in [3.63, 3.8) is 0 Å². The van der Waals surface area contributed by atoms with E-state index in [-0.39, 0.29) is 11.8 Å². The Morgan fingerprint density at radius 1 is 1.44 bits per heavy atom. The van der Waals surface area contributed by atoms with Crippen LogP contribution in [0.2, 0.25) is 0 Å². The Bertz CT molecular complexity index is 539. The van der Waals surface area contributed by atoms with E-state index in [4.69, 9.17) is 0 Å². The number of phenolic OH excluding ortho intramolecular Hbond substituents is 1. The highest BCUT2D eigenvalue weighted by Gasteiger charge is 2.11. The van der Waals surface area contributed by atoms with E-state index < -0.39 is 5.82 Å². The van der Waals surface area contributed by atoms with E-state index in [9.17, 15) is 9.50 Å². The lowest BCUT2D eigenvalue weighted by atomic mass is 10.1. The van der Waals surface area contributed by atoms with Gasteiger partial charge in [-0.2, -0.15) is 5.10 Å². The molecule has 2 N–H and O–H groups in total. The number of rotatable bonds is 4. The Labute approximate surface area is 105 Å². The van der Waals surface area contributed by atoms with Gasteiger partial charge in [0.2, 0.25) is 0 Å². The van der Waals surface area contributed by atoms with Gasteiger partial charge in [-0.05, 0) is 19.1 Å². The number of phenols is 1. The van der Waals surface area contributed by atoms with Gasteiger partial charge in [-0.25, -0.2) is 4.39 Å². The molecule has 1 atom stereocenters. The van der Waals surface area contributed by atoms with Crippen LogP contribution in [0.25, 0.3) is 0 Å². The van der Waals surface area contributed by atoms with Crippen LogP contribution >= 0.6 is 0 Å². The maximum Gasteiger partial charge on any atom is 0.126 e. The average Bonchev–Trinajstić information content (AvgIpc) is 2.72. The molecule has 0 amide bonds. The minimum absolute atomic E-state index is 0.0315. The van der Waals surface area contributed by atoms with Crippen molar-refractivity contribution in [2.75, 3.05) is 0 Å². The SMILES string of the molecule is CC(NCc1ccn(C)n1)c1ccc(F)cc1O. The van der Waals surface area contributed by atoms with Crippen molar-refractivity contribution in [3.05, 3.63) is 47.5 Å². The molecule has 0 bridgehead atoms. The largest absolute Gasteiger partial charge is 0.508 e. The maximum absolute atomic E-state index is 12.9. The summed E-state index contributed by atoms with van der Waals surface area (Å²) in [7, 11) is 1.86. The number of halogens is 1. The minimum atomic E-state index is -0.437. The molecule has 1 aromatic heterocycles. The third kappa shape index (κ3) is 2.87. The van der Waals surface area contributed by atoms with E-state index in [2.05, 4.69) is 10.4 Å². The molecule has 0 saturated heterocycles. The molecule has 0 aliphatic carbocycles. The van der Waals surface area contributed by atoms with Gasteiger partial charge < -0.3 is 10.4 Å². The van der Waals surface area contributed by atoms with Gasteiger partial charge in [0.05, 0.1) is 5.69 Å². The predicted molar refractivity (Wildman–Crippen MR) is 66.5 cm³/mol. The molecule has 18 heavy (non-hydrogen) atoms. The van der Waals surface area contributed by atoms with Crippen LogP contribution in [0.15, 0.2) is 30.5 Å². The second-order valence-electron chi connectivity index (χ2n) is 4.29. The van der Waals surface area contributed by atoms with Crippen LogP contribution in [0.4, 0.5) is 4.39 Å². The van der Waals surface area contributed by atoms with Gasteiger partial charge >= 0.3 is 0 Å². The highest BCUT2D eigenvalue weighted by atomic mass is 19.1. The zero-order chi connectivity index (χ0) is 13.1. The summed E-state index contributed by atoms with van der Waals surface area (Å²) in [6.07, 6.45) is 1.87. The fraction of sp³-hybridized carbons (Fsp3) is 0.308. The predicted octanol–water partition coefficient (Wildman–Crippen LogP) is 2.12. The van der Waals surface area contributed by atoms with Gasteiger partial charge in [-0.3, -0.25) is 4.68 Å². The first-order valence-corrected chi connectivity index (χ1v) is 5.76. The number of hydrogen-bond acceptors (Lipinski definition) is 3. The zero-order valence-electron chi connectivity index (χ0n) is 10.4. The summed E-state index contributed by atoms with van der Waals surface area (Å²) in [6.45, 7) is 2.51. The van der Waals surface area contributed by atoms with Crippen molar-refractivity contribution in [1.82, 2.24) is 15.1 Å². The molecule has 5 heteroatoms. The van der Waals surface area contributed by atoms with Crippen LogP contribution in [0.3, 0.4) is 0 Å². The molecule has 0 spiro atoms. The van der Waals surface area contributed by atoms with Crippen LogP contribution in [0.1, 0.15) is 24.2 Å². The lowest BCUT2D eigenvalue weighted by Crippen LogP contribution is -2.18. The monoisotopic (exact) mass is 249 g/mol. The van der Waals surface area contributed by atoms with Gasteiger partial charge in [-0.15, -0.1) is 0 Å². The number of nitrogens with zero attached hydrogens (tertiary/aromatic N) is 2. The number of aryl methyl sites for hydroxylation is 1. The smallest absolute Gasteiger partial charge is 0.126 e. The molecule has 0 aliphatic heterocycles. The second kappa shape index (κ2) is 5.18. The van der Waals surface area contributed by atoms with Crippen molar-refractivity contribution < 1.29 is 9.50 Å². The number of hydrogen-bond donors (Lipinski definition) is 2. The first kappa shape index (κ1) is 12.6. The van der Waals surface area contributed by atoms with E-state index in [1.165, 1.54) is 6.07 Å². The van der Waals surface area contributed by atoms with Gasteiger partial charge in [0.15, 0.2) is 0 Å². The first-order valence-electron chi connectivity index (χ1n) is 5.76. The molecular formula is C13H16FN3O. The molecule has 1 heterocycles. The van der Waals surface area contributed by atoms with Crippen molar-refractivity contribution in [3.8, 4) is 5.75 Å². The van der Waals surface area contributed by atoms with E-state index in [1.54, 1.807) is 10.7 Å². The molecule has 0 radical (unpaired) electrons. The van der Waals surface area contributed by atoms with Gasteiger partial charge in [0, 0.05) is 37.5 Å². The summed E-state index contributed by atoms with van der Waals surface area (Å²) in [5, 5.41) is 17.1. The maximum atomic E-state index is 12.9. The third-order valence-corrected chi connectivity index (χ3v) is 2.82. The summed E-state index contributed by atoms with van der Waals surface area (Å²) in [4.78, 5) is 0. The van der Waals surface area contributed by atoms with E-state index in [0.29, 0.717) is 12.1 Å². The van der Waals surface area contributed by atoms with Crippen LogP contribution in [-0.4, -0.2) is 14.9 Å². The van der Waals surface area contributed by atoms with E-state index >= 15 is 0 Å². The fourth-order valence-electron chi connectivity index (χ4n) is 1.81. The molecule has 1 aromatic carbocycles. The topological polar surface area (TPSA) is 50.1 Å². The Morgan fingerprint density at radius 3 is 2.83 bits per heavy atom. The Balaban J connectivity index is 2.01. The number of nitrogens with one attached hydrogen (secondary N) is 1. The summed E-state index contributed by atoms with van der Waals surface area (Å²) < 4.78 is 14.6. The molecule has 0 saturated carbocycles. The van der Waals surface area contributed by atoms with Crippen LogP contribution in [0, 0.1) is 5.82 Å². The Morgan fingerprint density at radius 2 is 2.22 bits per heavy atom. The van der Waals surface area contributed by atoms with Crippen molar-refractivity contribution in [2.24, 2.45) is 7.05 Å². The highest BCUT2D eigenvalue weighted by molar-refractivity contribution is 5.34. The lowest BCUT2D eigenvalue weighted by molar-refractivity contribution is 0.446. The van der Waals surface area contributed by atoms with Crippen molar-refractivity contribution >= 4 is 0 Å². The highest BCUT2D eigenvalue weighted by Crippen LogP contribution is 2.24. The molecular weight excluding hydrogens is 233 g/mol. The van der Waals surface area contributed by atoms with Crippen LogP contribution < -0.4 is 5.32 Å². The number of aromatic hydroxyl groups is 1. The Kier molecular flexibility index (Phi) is 3.62. The molecule has 1 unspecified atom stereocenters. The summed E-state index contributed by atoms with van der Waals surface area (Å²) in [6, 6.07) is 5.89. The molecule has 2 aromatic rings. The van der Waals surface area contributed by atoms with Crippen molar-refractivity contribution in [1.29, 1.82) is 0 Å². The van der Waals surface area contributed by atoms with Gasteiger partial charge in [0.25, 0.3) is 0 Å². The average molecular weight is 249 g/mol. The molecule has 4 nitrogen and oxygen atoms in total. The number of benzene rings is 1. The normalized spacial score (nSPS) is 12.6. The second-order valence-corrected chi connectivity index (χ2v) is 4.29. The zero-order valence-corrected chi connectivity index (χ0v) is 10.4. The van der Waals surface area contributed by atoms with Crippen LogP contribution in [-0.2, 0) is 13.6 Å². The Hall–Kier alpha value is -1.88. The summed E-state index contributed by atoms with van der Waals surface area (Å²) in [5.74, 6) is -0.468. The van der Waals surface area contributed by atoms with Crippen molar-refractivity contribution in [2.45, 2.75) is 19.5 Å². The molecule has 2 rings (SSSR count). The molecule has 0 aliphatic rings. The lowest BCUT2D eigenvalue weighted by Gasteiger charge is -2.14.